The minimum Gasteiger partial charge on any atom is -0.398 e. The third kappa shape index (κ3) is 5.99. The fourth-order valence-electron chi connectivity index (χ4n) is 11.5. The van der Waals surface area contributed by atoms with E-state index < -0.39 is 0 Å². The molecule has 0 spiro atoms. The quantitative estimate of drug-likeness (QED) is 0.166. The number of anilines is 1. The first-order valence-electron chi connectivity index (χ1n) is 23.2. The van der Waals surface area contributed by atoms with Gasteiger partial charge in [-0.15, -0.1) is 0 Å². The summed E-state index contributed by atoms with van der Waals surface area (Å²) in [6.07, 6.45) is 9.97. The molecule has 0 radical (unpaired) electrons. The van der Waals surface area contributed by atoms with Crippen molar-refractivity contribution in [1.82, 2.24) is 4.57 Å². The number of rotatable bonds is 6. The van der Waals surface area contributed by atoms with Gasteiger partial charge in [0.1, 0.15) is 0 Å². The van der Waals surface area contributed by atoms with Crippen molar-refractivity contribution in [1.29, 1.82) is 0 Å². The highest BCUT2D eigenvalue weighted by Gasteiger charge is 2.41. The average Bonchev–Trinajstić information content (AvgIpc) is 3.68. The molecule has 310 valence electrons. The van der Waals surface area contributed by atoms with Crippen LogP contribution in [0.2, 0.25) is 0 Å². The molecular weight excluding hydrogens is 773 g/mol. The fraction of sp³-hybridized carbons (Fsp3) is 0.161. The van der Waals surface area contributed by atoms with E-state index in [0.29, 0.717) is 23.7 Å². The van der Waals surface area contributed by atoms with Crippen molar-refractivity contribution in [2.24, 2.45) is 0 Å². The van der Waals surface area contributed by atoms with Crippen LogP contribution < -0.4 is 5.73 Å². The molecule has 5 unspecified atom stereocenters. The Morgan fingerprint density at radius 2 is 1.03 bits per heavy atom. The first-order valence-corrected chi connectivity index (χ1v) is 23.2. The smallest absolute Gasteiger partial charge is 0.0582 e. The molecule has 2 heteroatoms. The fourth-order valence-corrected chi connectivity index (χ4v) is 11.5. The molecule has 8 aromatic carbocycles. The van der Waals surface area contributed by atoms with Crippen LogP contribution in [0.25, 0.3) is 83.1 Å². The highest BCUT2D eigenvalue weighted by atomic mass is 15.0. The van der Waals surface area contributed by atoms with Crippen LogP contribution in [0.15, 0.2) is 188 Å². The predicted molar refractivity (Wildman–Crippen MR) is 272 cm³/mol. The third-order valence-corrected chi connectivity index (χ3v) is 15.4. The van der Waals surface area contributed by atoms with Gasteiger partial charge < -0.3 is 10.3 Å². The van der Waals surface area contributed by atoms with Gasteiger partial charge in [0, 0.05) is 33.6 Å². The van der Waals surface area contributed by atoms with Crippen molar-refractivity contribution in [2.45, 2.75) is 63.7 Å². The highest BCUT2D eigenvalue weighted by Crippen LogP contribution is 2.60. The average molecular weight is 825 g/mol. The third-order valence-electron chi connectivity index (χ3n) is 15.4. The van der Waals surface area contributed by atoms with Crippen molar-refractivity contribution in [3.63, 3.8) is 0 Å². The summed E-state index contributed by atoms with van der Waals surface area (Å²) in [5, 5.41) is 2.67. The molecule has 2 nitrogen and oxygen atoms in total. The van der Waals surface area contributed by atoms with E-state index in [2.05, 4.69) is 220 Å². The zero-order chi connectivity index (χ0) is 43.2. The minimum absolute atomic E-state index is 0.280. The minimum atomic E-state index is 0.280. The van der Waals surface area contributed by atoms with Crippen LogP contribution in [0.5, 0.6) is 0 Å². The molecule has 0 fully saturated rings. The Kier molecular flexibility index (Phi) is 9.02. The molecule has 12 rings (SSSR count). The summed E-state index contributed by atoms with van der Waals surface area (Å²) in [5.41, 5.74) is 31.3. The number of hydrogen-bond donors (Lipinski definition) is 1. The number of nitrogen functional groups attached to an aromatic ring is 1. The van der Waals surface area contributed by atoms with Crippen molar-refractivity contribution < 1.29 is 0 Å². The second-order valence-electron chi connectivity index (χ2n) is 18.8. The van der Waals surface area contributed by atoms with E-state index in [1.807, 2.05) is 0 Å². The van der Waals surface area contributed by atoms with Gasteiger partial charge in [-0.1, -0.05) is 173 Å². The molecule has 1 aromatic heterocycles. The van der Waals surface area contributed by atoms with E-state index in [1.165, 1.54) is 105 Å². The largest absolute Gasteiger partial charge is 0.398 e. The summed E-state index contributed by atoms with van der Waals surface area (Å²) in [7, 11) is 0. The molecule has 0 amide bonds. The first-order chi connectivity index (χ1) is 31.3. The number of nitrogens with two attached hydrogens (primary N) is 1. The van der Waals surface area contributed by atoms with E-state index in [0.717, 1.165) is 17.7 Å². The van der Waals surface area contributed by atoms with Crippen LogP contribution in [-0.4, -0.2) is 4.57 Å². The molecule has 9 aromatic rings. The lowest BCUT2D eigenvalue weighted by molar-refractivity contribution is 0.582. The van der Waals surface area contributed by atoms with Crippen molar-refractivity contribution in [2.75, 3.05) is 5.73 Å². The van der Waals surface area contributed by atoms with Crippen molar-refractivity contribution in [3.05, 3.63) is 216 Å². The number of hydrogen-bond acceptors (Lipinski definition) is 1. The molecule has 0 saturated carbocycles. The molecule has 0 saturated heterocycles. The molecule has 5 atom stereocenters. The van der Waals surface area contributed by atoms with Crippen LogP contribution >= 0.6 is 0 Å². The number of fused-ring (bicyclic) bond motifs is 4. The Morgan fingerprint density at radius 3 is 1.70 bits per heavy atom. The molecule has 0 aliphatic heterocycles. The summed E-state index contributed by atoms with van der Waals surface area (Å²) in [6.45, 7) is 9.84. The second-order valence-corrected chi connectivity index (χ2v) is 18.8. The van der Waals surface area contributed by atoms with Gasteiger partial charge in [0.2, 0.25) is 0 Å². The number of allylic oxidation sites excluding steroid dienone is 4. The first kappa shape index (κ1) is 38.5. The zero-order valence-corrected chi connectivity index (χ0v) is 37.0. The molecular formula is C62H52N2. The van der Waals surface area contributed by atoms with E-state index in [1.54, 1.807) is 0 Å². The zero-order valence-electron chi connectivity index (χ0n) is 37.0. The Morgan fingerprint density at radius 1 is 0.469 bits per heavy atom. The molecule has 3 aliphatic carbocycles. The van der Waals surface area contributed by atoms with E-state index in [4.69, 9.17) is 5.73 Å². The number of para-hydroxylation sites is 1. The van der Waals surface area contributed by atoms with Crippen LogP contribution in [0.1, 0.15) is 91.5 Å². The molecule has 2 N–H and O–H groups in total. The Hall–Kier alpha value is -7.16. The van der Waals surface area contributed by atoms with E-state index >= 15 is 0 Å². The standard InChI is InChI=1S/C62H52N2/c1-37-38(2)53-36-56-55-33-48(46-26-22-44(23-27-46)42-16-10-6-11-17-42)29-31-58(55)64(50-18-12-7-13-19-50)62(56)59-40(4)39(3)52-35-49(34-51(37)60(52)61(53)59)54-32-47(28-30-57(54)63)45-24-20-43(21-25-45)41-14-8-5-9-15-41/h5-16,18-40,42H,17,63H2,1-4H3. The molecule has 64 heavy (non-hydrogen) atoms. The second kappa shape index (κ2) is 15.0. The summed E-state index contributed by atoms with van der Waals surface area (Å²) >= 11 is 0. The molecule has 0 bridgehead atoms. The summed E-state index contributed by atoms with van der Waals surface area (Å²) in [4.78, 5) is 0. The predicted octanol–water partition coefficient (Wildman–Crippen LogP) is 16.7. The number of benzene rings is 8. The lowest BCUT2D eigenvalue weighted by Crippen LogP contribution is -2.23. The lowest BCUT2D eigenvalue weighted by Gasteiger charge is -2.42. The SMILES string of the molecule is CC1c2cc(-c3cc(-c4ccc(-c5ccccc5)cc4)ccc3N)cc3c2-c2c(cc4c5cc(-c6ccc(C7C=CC=CC7)cc6)ccc5n(-c5ccccc5)c4c2C(C)C3C)C1C. The van der Waals surface area contributed by atoms with Gasteiger partial charge in [-0.05, 0) is 150 Å². The topological polar surface area (TPSA) is 30.9 Å². The number of aromatic nitrogens is 1. The van der Waals surface area contributed by atoms with Gasteiger partial charge in [0.25, 0.3) is 0 Å². The van der Waals surface area contributed by atoms with E-state index in [-0.39, 0.29) is 5.92 Å². The van der Waals surface area contributed by atoms with Crippen LogP contribution in [0.3, 0.4) is 0 Å². The maximum Gasteiger partial charge on any atom is 0.0582 e. The van der Waals surface area contributed by atoms with E-state index in [9.17, 15) is 0 Å². The van der Waals surface area contributed by atoms with Gasteiger partial charge >= 0.3 is 0 Å². The summed E-state index contributed by atoms with van der Waals surface area (Å²) < 4.78 is 2.57. The van der Waals surface area contributed by atoms with Crippen LogP contribution in [-0.2, 0) is 0 Å². The summed E-state index contributed by atoms with van der Waals surface area (Å²) in [6, 6.07) is 61.1. The number of nitrogens with zero attached hydrogens (tertiary/aromatic N) is 1. The Labute approximate surface area is 377 Å². The van der Waals surface area contributed by atoms with Gasteiger partial charge in [0.15, 0.2) is 0 Å². The normalized spacial score (nSPS) is 19.6. The summed E-state index contributed by atoms with van der Waals surface area (Å²) in [5.74, 6) is 1.67. The maximum absolute atomic E-state index is 6.93. The lowest BCUT2D eigenvalue weighted by atomic mass is 9.62. The maximum atomic E-state index is 6.93. The highest BCUT2D eigenvalue weighted by molar-refractivity contribution is 6.14. The van der Waals surface area contributed by atoms with Crippen molar-refractivity contribution >= 4 is 27.5 Å². The monoisotopic (exact) mass is 824 g/mol. The van der Waals surface area contributed by atoms with Gasteiger partial charge in [-0.3, -0.25) is 0 Å². The molecule has 1 heterocycles. The van der Waals surface area contributed by atoms with Crippen LogP contribution in [0, 0.1) is 0 Å². The molecule has 3 aliphatic rings. The van der Waals surface area contributed by atoms with Gasteiger partial charge in [-0.2, -0.15) is 0 Å². The van der Waals surface area contributed by atoms with Gasteiger partial charge in [0.05, 0.1) is 11.0 Å². The Balaban J connectivity index is 1.02. The Bertz CT molecular complexity index is 3330. The van der Waals surface area contributed by atoms with Crippen LogP contribution in [0.4, 0.5) is 5.69 Å². The van der Waals surface area contributed by atoms with Crippen molar-refractivity contribution in [3.8, 4) is 61.3 Å². The van der Waals surface area contributed by atoms with Gasteiger partial charge in [-0.25, -0.2) is 0 Å².